The highest BCUT2D eigenvalue weighted by molar-refractivity contribution is 7.93. The van der Waals surface area contributed by atoms with Crippen LogP contribution in [0, 0.1) is 13.8 Å². The third-order valence-corrected chi connectivity index (χ3v) is 6.01. The summed E-state index contributed by atoms with van der Waals surface area (Å²) >= 11 is 1.39. The van der Waals surface area contributed by atoms with Gasteiger partial charge >= 0.3 is 0 Å². The van der Waals surface area contributed by atoms with E-state index in [0.29, 0.717) is 5.13 Å². The Labute approximate surface area is 130 Å². The lowest BCUT2D eigenvalue weighted by molar-refractivity contribution is 0.598. The first-order valence-electron chi connectivity index (χ1n) is 6.67. The van der Waals surface area contributed by atoms with E-state index in [2.05, 4.69) is 30.5 Å². The van der Waals surface area contributed by atoms with Crippen molar-refractivity contribution in [1.82, 2.24) is 4.98 Å². The third-order valence-electron chi connectivity index (χ3n) is 3.03. The van der Waals surface area contributed by atoms with Crippen LogP contribution >= 0.6 is 11.3 Å². The van der Waals surface area contributed by atoms with Crippen LogP contribution in [-0.2, 0) is 15.4 Å². The van der Waals surface area contributed by atoms with Gasteiger partial charge in [0.15, 0.2) is 5.13 Å². The smallest absolute Gasteiger partial charge is 0.255 e. The molecule has 2 rings (SSSR count). The van der Waals surface area contributed by atoms with Crippen molar-refractivity contribution in [3.63, 3.8) is 0 Å². The molecule has 0 saturated heterocycles. The highest BCUT2D eigenvalue weighted by atomic mass is 32.2. The van der Waals surface area contributed by atoms with E-state index >= 15 is 0 Å². The van der Waals surface area contributed by atoms with Gasteiger partial charge in [-0.2, -0.15) is 0 Å². The Hall–Kier alpha value is -1.40. The second-order valence-electron chi connectivity index (χ2n) is 6.10. The largest absolute Gasteiger partial charge is 0.263 e. The van der Waals surface area contributed by atoms with Gasteiger partial charge in [-0.15, -0.1) is 11.3 Å². The number of hydrogen-bond donors (Lipinski definition) is 1. The molecule has 0 aliphatic carbocycles. The van der Waals surface area contributed by atoms with Gasteiger partial charge in [-0.25, -0.2) is 13.4 Å². The number of anilines is 1. The van der Waals surface area contributed by atoms with Crippen molar-refractivity contribution in [2.45, 2.75) is 44.9 Å². The number of thiazole rings is 1. The van der Waals surface area contributed by atoms with Crippen LogP contribution in [0.5, 0.6) is 0 Å². The van der Waals surface area contributed by atoms with Gasteiger partial charge in [0, 0.05) is 4.88 Å². The van der Waals surface area contributed by atoms with Gasteiger partial charge in [0.05, 0.1) is 10.6 Å². The average Bonchev–Trinajstić information content (AvgIpc) is 2.69. The van der Waals surface area contributed by atoms with Crippen LogP contribution in [0.2, 0.25) is 0 Å². The lowest BCUT2D eigenvalue weighted by atomic mass is 9.94. The van der Waals surface area contributed by atoms with E-state index in [0.717, 1.165) is 16.1 Å². The second-order valence-corrected chi connectivity index (χ2v) is 8.78. The molecule has 0 unspecified atom stereocenters. The van der Waals surface area contributed by atoms with Crippen LogP contribution in [0.1, 0.15) is 36.9 Å². The number of rotatable bonds is 3. The lowest BCUT2D eigenvalue weighted by Gasteiger charge is -2.16. The van der Waals surface area contributed by atoms with Gasteiger partial charge in [-0.1, -0.05) is 38.5 Å². The summed E-state index contributed by atoms with van der Waals surface area (Å²) in [6.07, 6.45) is 0. The van der Waals surface area contributed by atoms with Gasteiger partial charge in [-0.05, 0) is 31.4 Å². The molecule has 4 nitrogen and oxygen atoms in total. The Morgan fingerprint density at radius 2 is 1.67 bits per heavy atom. The summed E-state index contributed by atoms with van der Waals surface area (Å²) in [6.45, 7) is 10.1. The van der Waals surface area contributed by atoms with Crippen molar-refractivity contribution < 1.29 is 8.42 Å². The molecule has 0 fully saturated rings. The molecule has 0 saturated carbocycles. The Morgan fingerprint density at radius 3 is 2.14 bits per heavy atom. The molecule has 1 aromatic carbocycles. The summed E-state index contributed by atoms with van der Waals surface area (Å²) in [4.78, 5) is 5.67. The van der Waals surface area contributed by atoms with Crippen LogP contribution in [0.4, 0.5) is 5.13 Å². The normalized spacial score (nSPS) is 12.4. The molecule has 0 spiro atoms. The molecular weight excluding hydrogens is 304 g/mol. The zero-order valence-electron chi connectivity index (χ0n) is 12.9. The zero-order valence-corrected chi connectivity index (χ0v) is 14.5. The van der Waals surface area contributed by atoms with Crippen LogP contribution < -0.4 is 4.72 Å². The minimum Gasteiger partial charge on any atom is -0.255 e. The maximum absolute atomic E-state index is 12.3. The molecule has 0 atom stereocenters. The minimum atomic E-state index is -3.58. The molecule has 0 radical (unpaired) electrons. The Morgan fingerprint density at radius 1 is 1.10 bits per heavy atom. The van der Waals surface area contributed by atoms with E-state index in [1.54, 1.807) is 24.3 Å². The van der Waals surface area contributed by atoms with Crippen LogP contribution in [-0.4, -0.2) is 13.4 Å². The first-order valence-corrected chi connectivity index (χ1v) is 8.97. The number of aromatic nitrogens is 1. The molecule has 0 bridgehead atoms. The molecular formula is C15H20N2O2S2. The van der Waals surface area contributed by atoms with Crippen LogP contribution in [0.3, 0.4) is 0 Å². The summed E-state index contributed by atoms with van der Waals surface area (Å²) in [5.41, 5.74) is 1.85. The SMILES string of the molecule is Cc1ccc(S(=O)(=O)Nc2nc(C)c(C(C)(C)C)s2)cc1. The molecule has 1 heterocycles. The summed E-state index contributed by atoms with van der Waals surface area (Å²) in [6, 6.07) is 6.76. The van der Waals surface area contributed by atoms with Gasteiger partial charge in [0.2, 0.25) is 0 Å². The van der Waals surface area contributed by atoms with E-state index in [4.69, 9.17) is 0 Å². The number of hydrogen-bond acceptors (Lipinski definition) is 4. The summed E-state index contributed by atoms with van der Waals surface area (Å²) in [5.74, 6) is 0. The zero-order chi connectivity index (χ0) is 15.8. The molecule has 6 heteroatoms. The molecule has 2 aromatic rings. The fourth-order valence-electron chi connectivity index (χ4n) is 2.03. The van der Waals surface area contributed by atoms with Crippen molar-refractivity contribution in [2.24, 2.45) is 0 Å². The Bertz CT molecular complexity index is 739. The van der Waals surface area contributed by atoms with Gasteiger partial charge in [0.25, 0.3) is 10.0 Å². The quantitative estimate of drug-likeness (QED) is 0.932. The first kappa shape index (κ1) is 16.0. The molecule has 21 heavy (non-hydrogen) atoms. The number of nitrogens with one attached hydrogen (secondary N) is 1. The van der Waals surface area contributed by atoms with E-state index < -0.39 is 10.0 Å². The third kappa shape index (κ3) is 3.63. The molecule has 0 aliphatic rings. The average molecular weight is 324 g/mol. The van der Waals surface area contributed by atoms with Crippen molar-refractivity contribution in [3.8, 4) is 0 Å². The fourth-order valence-corrected chi connectivity index (χ4v) is 4.29. The fraction of sp³-hybridized carbons (Fsp3) is 0.400. The number of sulfonamides is 1. The Balaban J connectivity index is 2.31. The minimum absolute atomic E-state index is 0.0463. The van der Waals surface area contributed by atoms with Crippen LogP contribution in [0.15, 0.2) is 29.2 Å². The maximum Gasteiger partial charge on any atom is 0.263 e. The summed E-state index contributed by atoms with van der Waals surface area (Å²) < 4.78 is 27.2. The second kappa shape index (κ2) is 5.42. The van der Waals surface area contributed by atoms with Crippen molar-refractivity contribution in [1.29, 1.82) is 0 Å². The predicted molar refractivity (Wildman–Crippen MR) is 87.5 cm³/mol. The highest BCUT2D eigenvalue weighted by Crippen LogP contribution is 2.34. The lowest BCUT2D eigenvalue weighted by Crippen LogP contribution is -2.12. The topological polar surface area (TPSA) is 59.1 Å². The van der Waals surface area contributed by atoms with Gasteiger partial charge in [0.1, 0.15) is 0 Å². The highest BCUT2D eigenvalue weighted by Gasteiger charge is 2.23. The van der Waals surface area contributed by atoms with E-state index in [1.807, 2.05) is 13.8 Å². The maximum atomic E-state index is 12.3. The van der Waals surface area contributed by atoms with Crippen molar-refractivity contribution in [2.75, 3.05) is 4.72 Å². The van der Waals surface area contributed by atoms with Crippen molar-refractivity contribution in [3.05, 3.63) is 40.4 Å². The van der Waals surface area contributed by atoms with E-state index in [-0.39, 0.29) is 10.3 Å². The monoisotopic (exact) mass is 324 g/mol. The van der Waals surface area contributed by atoms with Crippen molar-refractivity contribution >= 4 is 26.5 Å². The van der Waals surface area contributed by atoms with E-state index in [9.17, 15) is 8.42 Å². The number of benzene rings is 1. The molecule has 0 amide bonds. The first-order chi connectivity index (χ1) is 9.59. The standard InChI is InChI=1S/C15H20N2O2S2/c1-10-6-8-12(9-7-10)21(18,19)17-14-16-11(2)13(20-14)15(3,4)5/h6-9H,1-5H3,(H,16,17). The summed E-state index contributed by atoms with van der Waals surface area (Å²) in [7, 11) is -3.58. The van der Waals surface area contributed by atoms with Crippen LogP contribution in [0.25, 0.3) is 0 Å². The van der Waals surface area contributed by atoms with E-state index in [1.165, 1.54) is 11.3 Å². The Kier molecular flexibility index (Phi) is 4.13. The van der Waals surface area contributed by atoms with Gasteiger partial charge < -0.3 is 0 Å². The molecule has 114 valence electrons. The molecule has 1 N–H and O–H groups in total. The molecule has 0 aliphatic heterocycles. The summed E-state index contributed by atoms with van der Waals surface area (Å²) in [5, 5.41) is 0.415. The predicted octanol–water partition coefficient (Wildman–Crippen LogP) is 3.86. The van der Waals surface area contributed by atoms with Gasteiger partial charge in [-0.3, -0.25) is 4.72 Å². The number of nitrogens with zero attached hydrogens (tertiary/aromatic N) is 1. The molecule has 1 aromatic heterocycles. The number of aryl methyl sites for hydroxylation is 2.